The average Bonchev–Trinajstić information content (AvgIpc) is 2.67. The molecular weight excluding hydrogens is 423 g/mol. The zero-order valence-electron chi connectivity index (χ0n) is 15.8. The molecule has 0 fully saturated rings. The van der Waals surface area contributed by atoms with Gasteiger partial charge in [0.05, 0.1) is 28.1 Å². The summed E-state index contributed by atoms with van der Waals surface area (Å²) in [5.74, 6) is -0.280. The Morgan fingerprint density at radius 3 is 2.67 bits per heavy atom. The Morgan fingerprint density at radius 1 is 1.20 bits per heavy atom. The summed E-state index contributed by atoms with van der Waals surface area (Å²) in [4.78, 5) is 23.4. The smallest absolute Gasteiger partial charge is 0.416 e. The van der Waals surface area contributed by atoms with Crippen molar-refractivity contribution in [1.29, 1.82) is 0 Å². The molecule has 0 unspecified atom stereocenters. The number of halogens is 4. The van der Waals surface area contributed by atoms with Crippen molar-refractivity contribution in [2.24, 2.45) is 0 Å². The number of ether oxygens (including phenoxy) is 1. The molecule has 0 bridgehead atoms. The first-order valence-electron chi connectivity index (χ1n) is 8.98. The van der Waals surface area contributed by atoms with Crippen molar-refractivity contribution in [3.05, 3.63) is 63.3 Å². The van der Waals surface area contributed by atoms with Gasteiger partial charge in [-0.2, -0.15) is 13.2 Å². The zero-order chi connectivity index (χ0) is 21.9. The van der Waals surface area contributed by atoms with Gasteiger partial charge in [0.25, 0.3) is 0 Å². The number of hydrogen-bond acceptors (Lipinski definition) is 4. The van der Waals surface area contributed by atoms with E-state index in [-0.39, 0.29) is 51.0 Å². The van der Waals surface area contributed by atoms with Crippen LogP contribution in [-0.2, 0) is 11.0 Å². The summed E-state index contributed by atoms with van der Waals surface area (Å²) < 4.78 is 50.8. The average molecular weight is 440 g/mol. The number of alkyl halides is 3. The van der Waals surface area contributed by atoms with Gasteiger partial charge in [-0.05, 0) is 36.8 Å². The number of amides is 1. The lowest BCUT2D eigenvalue weighted by Crippen LogP contribution is -2.22. The molecule has 1 aromatic heterocycles. The van der Waals surface area contributed by atoms with Crippen molar-refractivity contribution >= 4 is 28.5 Å². The summed E-state index contributed by atoms with van der Waals surface area (Å²) in [6, 6.07) is 8.80. The lowest BCUT2D eigenvalue weighted by Gasteiger charge is -2.15. The summed E-state index contributed by atoms with van der Waals surface area (Å²) in [7, 11) is 0. The third-order valence-corrected chi connectivity index (χ3v) is 4.53. The molecule has 3 rings (SSSR count). The summed E-state index contributed by atoms with van der Waals surface area (Å²) in [5.41, 5.74) is -0.964. The van der Waals surface area contributed by atoms with E-state index in [1.54, 1.807) is 18.2 Å². The van der Waals surface area contributed by atoms with Gasteiger partial charge in [0, 0.05) is 19.5 Å². The predicted molar refractivity (Wildman–Crippen MR) is 107 cm³/mol. The molecule has 0 aliphatic heterocycles. The van der Waals surface area contributed by atoms with E-state index in [4.69, 9.17) is 20.8 Å². The first-order chi connectivity index (χ1) is 14.2. The van der Waals surface area contributed by atoms with Crippen LogP contribution in [0.2, 0.25) is 5.02 Å². The summed E-state index contributed by atoms with van der Waals surface area (Å²) in [5, 5.41) is 3.04. The Morgan fingerprint density at radius 2 is 1.97 bits per heavy atom. The second-order valence-corrected chi connectivity index (χ2v) is 6.89. The Bertz CT molecular complexity index is 1140. The van der Waals surface area contributed by atoms with Crippen LogP contribution in [0.15, 0.2) is 51.7 Å². The Labute approximate surface area is 174 Å². The van der Waals surface area contributed by atoms with Gasteiger partial charge in [0.2, 0.25) is 5.91 Å². The molecule has 1 N–H and O–H groups in total. The number of carbonyl (C=O) groups excluding carboxylic acids is 1. The van der Waals surface area contributed by atoms with Crippen molar-refractivity contribution in [2.75, 3.05) is 13.2 Å². The monoisotopic (exact) mass is 439 g/mol. The maximum Gasteiger partial charge on any atom is 0.416 e. The Balaban J connectivity index is 2.01. The molecule has 0 aliphatic carbocycles. The second kappa shape index (κ2) is 8.79. The summed E-state index contributed by atoms with van der Waals surface area (Å²) in [6.07, 6.45) is -4.19. The van der Waals surface area contributed by atoms with Gasteiger partial charge in [0.1, 0.15) is 11.5 Å². The van der Waals surface area contributed by atoms with E-state index in [0.29, 0.717) is 13.0 Å². The molecule has 1 amide bonds. The number of carbonyl (C=O) groups is 1. The highest BCUT2D eigenvalue weighted by Crippen LogP contribution is 2.38. The van der Waals surface area contributed by atoms with Crippen LogP contribution in [0.5, 0.6) is 5.75 Å². The fourth-order valence-corrected chi connectivity index (χ4v) is 3.03. The number of para-hydroxylation sites is 1. The highest BCUT2D eigenvalue weighted by atomic mass is 35.5. The molecule has 0 radical (unpaired) electrons. The topological polar surface area (TPSA) is 68.5 Å². The highest BCUT2D eigenvalue weighted by molar-refractivity contribution is 6.34. The van der Waals surface area contributed by atoms with E-state index in [9.17, 15) is 22.8 Å². The van der Waals surface area contributed by atoms with Crippen molar-refractivity contribution in [2.45, 2.75) is 19.5 Å². The minimum Gasteiger partial charge on any atom is -0.493 e. The molecule has 5 nitrogen and oxygen atoms in total. The molecule has 0 saturated heterocycles. The van der Waals surface area contributed by atoms with Crippen LogP contribution in [0, 0.1) is 0 Å². The van der Waals surface area contributed by atoms with Crippen molar-refractivity contribution in [3.8, 4) is 17.1 Å². The second-order valence-electron chi connectivity index (χ2n) is 6.49. The van der Waals surface area contributed by atoms with E-state index in [1.807, 2.05) is 0 Å². The molecule has 158 valence electrons. The SMILES string of the molecule is CC(=O)NCCCOc1cc(C(F)(F)F)ccc1-c1cc(=O)c2cccc(Cl)c2o1. The number of nitrogens with one attached hydrogen (secondary N) is 1. The van der Waals surface area contributed by atoms with Crippen molar-refractivity contribution in [1.82, 2.24) is 5.32 Å². The lowest BCUT2D eigenvalue weighted by atomic mass is 10.1. The quantitative estimate of drug-likeness (QED) is 0.546. The van der Waals surface area contributed by atoms with Crippen LogP contribution in [0.25, 0.3) is 22.3 Å². The van der Waals surface area contributed by atoms with E-state index < -0.39 is 11.7 Å². The van der Waals surface area contributed by atoms with Gasteiger partial charge >= 0.3 is 6.18 Å². The summed E-state index contributed by atoms with van der Waals surface area (Å²) in [6.45, 7) is 1.72. The molecule has 0 atom stereocenters. The van der Waals surface area contributed by atoms with Gasteiger partial charge in [-0.15, -0.1) is 0 Å². The highest BCUT2D eigenvalue weighted by Gasteiger charge is 2.31. The molecule has 3 aromatic rings. The maximum atomic E-state index is 13.2. The van der Waals surface area contributed by atoms with Gasteiger partial charge in [0.15, 0.2) is 11.0 Å². The van der Waals surface area contributed by atoms with Gasteiger partial charge in [-0.25, -0.2) is 0 Å². The van der Waals surface area contributed by atoms with Crippen LogP contribution >= 0.6 is 11.6 Å². The minimum atomic E-state index is -4.57. The fraction of sp³-hybridized carbons (Fsp3) is 0.238. The van der Waals surface area contributed by atoms with Crippen molar-refractivity contribution in [3.63, 3.8) is 0 Å². The first kappa shape index (κ1) is 21.7. The van der Waals surface area contributed by atoms with Crippen LogP contribution in [0.3, 0.4) is 0 Å². The van der Waals surface area contributed by atoms with Gasteiger partial charge in [-0.3, -0.25) is 9.59 Å². The standard InChI is InChI=1S/C21H17ClF3NO4/c1-12(27)26-8-3-9-29-18-10-13(21(23,24)25)6-7-15(18)19-11-17(28)14-4-2-5-16(22)20(14)30-19/h2,4-7,10-11H,3,8-9H2,1H3,(H,26,27). The van der Waals surface area contributed by atoms with E-state index in [1.165, 1.54) is 19.1 Å². The number of hydrogen-bond donors (Lipinski definition) is 1. The van der Waals surface area contributed by atoms with Crippen LogP contribution < -0.4 is 15.5 Å². The van der Waals surface area contributed by atoms with E-state index >= 15 is 0 Å². The molecule has 9 heteroatoms. The summed E-state index contributed by atoms with van der Waals surface area (Å²) >= 11 is 6.11. The normalized spacial score (nSPS) is 11.5. The number of fused-ring (bicyclic) bond motifs is 1. The third kappa shape index (κ3) is 4.94. The molecule has 0 spiro atoms. The van der Waals surface area contributed by atoms with Crippen LogP contribution in [0.4, 0.5) is 13.2 Å². The maximum absolute atomic E-state index is 13.2. The predicted octanol–water partition coefficient (Wildman–Crippen LogP) is 5.04. The molecule has 0 saturated carbocycles. The molecular formula is C21H17ClF3NO4. The van der Waals surface area contributed by atoms with Crippen molar-refractivity contribution < 1.29 is 27.1 Å². The van der Waals surface area contributed by atoms with Gasteiger partial charge < -0.3 is 14.5 Å². The van der Waals surface area contributed by atoms with Crippen LogP contribution in [-0.4, -0.2) is 19.1 Å². The molecule has 2 aromatic carbocycles. The molecule has 1 heterocycles. The van der Waals surface area contributed by atoms with Crippen LogP contribution in [0.1, 0.15) is 18.9 Å². The van der Waals surface area contributed by atoms with Gasteiger partial charge in [-0.1, -0.05) is 17.7 Å². The largest absolute Gasteiger partial charge is 0.493 e. The zero-order valence-corrected chi connectivity index (χ0v) is 16.6. The minimum absolute atomic E-state index is 0.0335. The van der Waals surface area contributed by atoms with E-state index in [0.717, 1.165) is 12.1 Å². The number of rotatable bonds is 6. The molecule has 30 heavy (non-hydrogen) atoms. The Kier molecular flexibility index (Phi) is 6.36. The van der Waals surface area contributed by atoms with E-state index in [2.05, 4.69) is 5.32 Å². The first-order valence-corrected chi connectivity index (χ1v) is 9.36. The lowest BCUT2D eigenvalue weighted by molar-refractivity contribution is -0.137. The Hall–Kier alpha value is -3.00. The fourth-order valence-electron chi connectivity index (χ4n) is 2.82. The third-order valence-electron chi connectivity index (χ3n) is 4.23. The number of benzene rings is 2. The molecule has 0 aliphatic rings.